The van der Waals surface area contributed by atoms with E-state index in [2.05, 4.69) is 4.98 Å². The highest BCUT2D eigenvalue weighted by atomic mass is 35.5. The minimum Gasteiger partial charge on any atom is -0.481 e. The van der Waals surface area contributed by atoms with Crippen molar-refractivity contribution in [1.82, 2.24) is 4.98 Å². The lowest BCUT2D eigenvalue weighted by molar-refractivity contribution is -0.133. The monoisotopic (exact) mass is 217 g/mol. The van der Waals surface area contributed by atoms with Crippen LogP contribution in [0.15, 0.2) is 18.3 Å². The van der Waals surface area contributed by atoms with Gasteiger partial charge in [0.15, 0.2) is 0 Å². The summed E-state index contributed by atoms with van der Waals surface area (Å²) in [6.45, 7) is 0. The molecule has 0 aliphatic heterocycles. The van der Waals surface area contributed by atoms with Crippen LogP contribution < -0.4 is 0 Å². The molecule has 0 saturated carbocycles. The summed E-state index contributed by atoms with van der Waals surface area (Å²) in [5, 5.41) is 9.00. The van der Waals surface area contributed by atoms with Crippen molar-refractivity contribution in [1.29, 1.82) is 0 Å². The Labute approximate surface area is 85.1 Å². The Morgan fingerprint density at radius 1 is 1.69 bits per heavy atom. The third kappa shape index (κ3) is 4.15. The van der Waals surface area contributed by atoms with Gasteiger partial charge in [-0.1, -0.05) is 11.6 Å². The second kappa shape index (κ2) is 5.09. The third-order valence-corrected chi connectivity index (χ3v) is 2.44. The van der Waals surface area contributed by atoms with Crippen LogP contribution in [0.25, 0.3) is 0 Å². The SMILES string of the molecule is O=C(O)CSCc1cc(Cl)ccn1. The van der Waals surface area contributed by atoms with Crippen molar-refractivity contribution in [2.75, 3.05) is 5.75 Å². The van der Waals surface area contributed by atoms with Gasteiger partial charge >= 0.3 is 5.97 Å². The quantitative estimate of drug-likeness (QED) is 0.839. The van der Waals surface area contributed by atoms with Crippen LogP contribution in [0, 0.1) is 0 Å². The summed E-state index contributed by atoms with van der Waals surface area (Å²) in [6.07, 6.45) is 1.61. The summed E-state index contributed by atoms with van der Waals surface area (Å²) in [6, 6.07) is 3.42. The molecule has 3 nitrogen and oxygen atoms in total. The van der Waals surface area contributed by atoms with Gasteiger partial charge in [-0.3, -0.25) is 9.78 Å². The van der Waals surface area contributed by atoms with Gasteiger partial charge < -0.3 is 5.11 Å². The minimum absolute atomic E-state index is 0.0915. The van der Waals surface area contributed by atoms with Crippen LogP contribution in [0.3, 0.4) is 0 Å². The maximum Gasteiger partial charge on any atom is 0.313 e. The summed E-state index contributed by atoms with van der Waals surface area (Å²) in [7, 11) is 0. The number of pyridine rings is 1. The summed E-state index contributed by atoms with van der Waals surface area (Å²) < 4.78 is 0. The van der Waals surface area contributed by atoms with E-state index in [1.807, 2.05) is 0 Å². The highest BCUT2D eigenvalue weighted by molar-refractivity contribution is 7.99. The standard InChI is InChI=1S/C8H8ClNO2S/c9-6-1-2-10-7(3-6)4-13-5-8(11)12/h1-3H,4-5H2,(H,11,12). The van der Waals surface area contributed by atoms with Gasteiger partial charge in [0.05, 0.1) is 11.4 Å². The minimum atomic E-state index is -0.813. The Morgan fingerprint density at radius 3 is 3.08 bits per heavy atom. The number of hydrogen-bond donors (Lipinski definition) is 1. The Bertz CT molecular complexity index is 306. The number of carboxylic acids is 1. The summed E-state index contributed by atoms with van der Waals surface area (Å²) in [5.41, 5.74) is 0.804. The lowest BCUT2D eigenvalue weighted by atomic mass is 10.4. The molecular formula is C8H8ClNO2S. The van der Waals surface area contributed by atoms with E-state index in [9.17, 15) is 4.79 Å². The number of nitrogens with zero attached hydrogens (tertiary/aromatic N) is 1. The summed E-state index contributed by atoms with van der Waals surface area (Å²) >= 11 is 7.02. The first kappa shape index (κ1) is 10.3. The van der Waals surface area contributed by atoms with E-state index in [0.29, 0.717) is 10.8 Å². The van der Waals surface area contributed by atoms with Crippen LogP contribution in [0.2, 0.25) is 5.02 Å². The van der Waals surface area contributed by atoms with Gasteiger partial charge in [-0.15, -0.1) is 11.8 Å². The Balaban J connectivity index is 2.41. The Kier molecular flexibility index (Phi) is 4.05. The number of rotatable bonds is 4. The highest BCUT2D eigenvalue weighted by Crippen LogP contribution is 2.13. The number of aromatic nitrogens is 1. The van der Waals surface area contributed by atoms with Crippen LogP contribution in [-0.2, 0) is 10.5 Å². The fourth-order valence-corrected chi connectivity index (χ4v) is 1.60. The molecule has 0 fully saturated rings. The second-order valence-corrected chi connectivity index (χ2v) is 3.77. The lowest BCUT2D eigenvalue weighted by Gasteiger charge is -1.98. The van der Waals surface area contributed by atoms with E-state index in [0.717, 1.165) is 5.69 Å². The van der Waals surface area contributed by atoms with Crippen molar-refractivity contribution in [3.63, 3.8) is 0 Å². The van der Waals surface area contributed by atoms with E-state index < -0.39 is 5.97 Å². The van der Waals surface area contributed by atoms with Crippen molar-refractivity contribution in [2.24, 2.45) is 0 Å². The van der Waals surface area contributed by atoms with Crippen molar-refractivity contribution in [3.05, 3.63) is 29.0 Å². The molecule has 1 rings (SSSR count). The molecule has 1 N–H and O–H groups in total. The predicted octanol–water partition coefficient (Wildman–Crippen LogP) is 2.05. The average Bonchev–Trinajstić information content (AvgIpc) is 2.03. The average molecular weight is 218 g/mol. The smallest absolute Gasteiger partial charge is 0.313 e. The molecule has 1 aromatic heterocycles. The maximum atomic E-state index is 10.2. The van der Waals surface area contributed by atoms with Crippen molar-refractivity contribution in [3.8, 4) is 0 Å². The van der Waals surface area contributed by atoms with Gasteiger partial charge in [0.1, 0.15) is 0 Å². The molecule has 0 amide bonds. The fourth-order valence-electron chi connectivity index (χ4n) is 0.771. The molecule has 1 aromatic rings. The topological polar surface area (TPSA) is 50.2 Å². The molecule has 0 aromatic carbocycles. The van der Waals surface area contributed by atoms with Crippen molar-refractivity contribution in [2.45, 2.75) is 5.75 Å². The first-order chi connectivity index (χ1) is 6.18. The zero-order valence-electron chi connectivity index (χ0n) is 6.74. The van der Waals surface area contributed by atoms with Crippen LogP contribution in [0.1, 0.15) is 5.69 Å². The zero-order valence-corrected chi connectivity index (χ0v) is 8.31. The molecule has 0 saturated heterocycles. The highest BCUT2D eigenvalue weighted by Gasteiger charge is 1.99. The fraction of sp³-hybridized carbons (Fsp3) is 0.250. The Hall–Kier alpha value is -0.740. The number of halogens is 1. The molecule has 13 heavy (non-hydrogen) atoms. The van der Waals surface area contributed by atoms with E-state index in [1.54, 1.807) is 18.3 Å². The van der Waals surface area contributed by atoms with Gasteiger partial charge in [0.25, 0.3) is 0 Å². The number of hydrogen-bond acceptors (Lipinski definition) is 3. The van der Waals surface area contributed by atoms with Crippen molar-refractivity contribution >= 4 is 29.3 Å². The van der Waals surface area contributed by atoms with Crippen LogP contribution in [-0.4, -0.2) is 21.8 Å². The predicted molar refractivity (Wildman–Crippen MR) is 53.0 cm³/mol. The number of thioether (sulfide) groups is 1. The van der Waals surface area contributed by atoms with Crippen LogP contribution in [0.5, 0.6) is 0 Å². The largest absolute Gasteiger partial charge is 0.481 e. The van der Waals surface area contributed by atoms with E-state index in [-0.39, 0.29) is 5.75 Å². The van der Waals surface area contributed by atoms with Crippen LogP contribution >= 0.6 is 23.4 Å². The van der Waals surface area contributed by atoms with Gasteiger partial charge in [-0.2, -0.15) is 0 Å². The molecule has 0 aliphatic carbocycles. The van der Waals surface area contributed by atoms with E-state index in [1.165, 1.54) is 11.8 Å². The van der Waals surface area contributed by atoms with Crippen LogP contribution in [0.4, 0.5) is 0 Å². The molecule has 5 heteroatoms. The van der Waals surface area contributed by atoms with E-state index in [4.69, 9.17) is 16.7 Å². The molecule has 0 aliphatic rings. The van der Waals surface area contributed by atoms with Gasteiger partial charge in [-0.25, -0.2) is 0 Å². The van der Waals surface area contributed by atoms with E-state index >= 15 is 0 Å². The molecule has 0 atom stereocenters. The van der Waals surface area contributed by atoms with Crippen molar-refractivity contribution < 1.29 is 9.90 Å². The maximum absolute atomic E-state index is 10.2. The lowest BCUT2D eigenvalue weighted by Crippen LogP contribution is -1.98. The summed E-state index contributed by atoms with van der Waals surface area (Å²) in [5.74, 6) is -0.145. The normalized spacial score (nSPS) is 9.92. The number of carbonyl (C=O) groups is 1. The Morgan fingerprint density at radius 2 is 2.46 bits per heavy atom. The molecule has 0 bridgehead atoms. The molecule has 0 radical (unpaired) electrons. The van der Waals surface area contributed by atoms with Gasteiger partial charge in [0, 0.05) is 17.0 Å². The van der Waals surface area contributed by atoms with Gasteiger partial charge in [0.2, 0.25) is 0 Å². The first-order valence-electron chi connectivity index (χ1n) is 3.58. The first-order valence-corrected chi connectivity index (χ1v) is 5.11. The second-order valence-electron chi connectivity index (χ2n) is 2.35. The number of aliphatic carboxylic acids is 1. The number of carboxylic acid groups (broad SMARTS) is 1. The van der Waals surface area contributed by atoms with Gasteiger partial charge in [-0.05, 0) is 12.1 Å². The molecule has 0 spiro atoms. The molecular weight excluding hydrogens is 210 g/mol. The third-order valence-electron chi connectivity index (χ3n) is 1.25. The summed E-state index contributed by atoms with van der Waals surface area (Å²) in [4.78, 5) is 14.2. The molecule has 1 heterocycles. The zero-order chi connectivity index (χ0) is 9.68. The molecule has 70 valence electrons. The molecule has 0 unspecified atom stereocenters.